The Kier molecular flexibility index (Phi) is 5.04. The maximum atomic E-state index is 11.9. The normalized spacial score (nSPS) is 14.7. The Labute approximate surface area is 113 Å². The fraction of sp³-hybridized carbons (Fsp3) is 0.417. The number of sulfonamides is 1. The highest BCUT2D eigenvalue weighted by atomic mass is 32.2. The molecule has 0 radical (unpaired) electrons. The summed E-state index contributed by atoms with van der Waals surface area (Å²) in [5, 5.41) is 2.59. The second-order valence-electron chi connectivity index (χ2n) is 4.34. The van der Waals surface area contributed by atoms with Crippen LogP contribution in [0.1, 0.15) is 13.8 Å². The minimum absolute atomic E-state index is 0.0303. The van der Waals surface area contributed by atoms with E-state index >= 15 is 0 Å². The molecule has 0 fully saturated rings. The largest absolute Gasteiger partial charge is 0.327 e. The van der Waals surface area contributed by atoms with E-state index in [1.54, 1.807) is 26.0 Å². The topological polar surface area (TPSA) is 101 Å². The molecule has 0 saturated carbocycles. The van der Waals surface area contributed by atoms with E-state index in [1.807, 2.05) is 0 Å². The van der Waals surface area contributed by atoms with Crippen molar-refractivity contribution < 1.29 is 13.2 Å². The third-order valence-electron chi connectivity index (χ3n) is 2.91. The molecule has 0 bridgehead atoms. The first kappa shape index (κ1) is 15.6. The lowest BCUT2D eigenvalue weighted by molar-refractivity contribution is -0.119. The molecule has 6 nitrogen and oxygen atoms in total. The van der Waals surface area contributed by atoms with Crippen molar-refractivity contribution in [3.05, 3.63) is 24.3 Å². The minimum Gasteiger partial charge on any atom is -0.327 e. The van der Waals surface area contributed by atoms with E-state index in [1.165, 1.54) is 19.2 Å². The van der Waals surface area contributed by atoms with Crippen LogP contribution in [0.25, 0.3) is 0 Å². The molecule has 1 aromatic carbocycles. The van der Waals surface area contributed by atoms with Gasteiger partial charge in [0.1, 0.15) is 4.90 Å². The standard InChI is InChI=1S/C12H19N3O3S/c1-8(9(2)13)12(16)15-10-6-4-5-7-11(10)19(17,18)14-3/h4-9,14H,13H2,1-3H3,(H,15,16). The molecule has 106 valence electrons. The van der Waals surface area contributed by atoms with E-state index in [9.17, 15) is 13.2 Å². The van der Waals surface area contributed by atoms with E-state index in [4.69, 9.17) is 5.73 Å². The molecule has 0 aliphatic heterocycles. The van der Waals surface area contributed by atoms with Gasteiger partial charge in [0.05, 0.1) is 11.6 Å². The second kappa shape index (κ2) is 6.14. The van der Waals surface area contributed by atoms with Gasteiger partial charge < -0.3 is 11.1 Å². The number of hydrogen-bond donors (Lipinski definition) is 3. The monoisotopic (exact) mass is 285 g/mol. The molecule has 7 heteroatoms. The minimum atomic E-state index is -3.62. The summed E-state index contributed by atoms with van der Waals surface area (Å²) in [5.74, 6) is -0.723. The fourth-order valence-corrected chi connectivity index (χ4v) is 2.29. The smallest absolute Gasteiger partial charge is 0.242 e. The van der Waals surface area contributed by atoms with Gasteiger partial charge >= 0.3 is 0 Å². The Hall–Kier alpha value is -1.44. The van der Waals surface area contributed by atoms with Crippen LogP contribution in [0, 0.1) is 5.92 Å². The van der Waals surface area contributed by atoms with Crippen LogP contribution < -0.4 is 15.8 Å². The molecule has 0 aliphatic carbocycles. The molecule has 0 spiro atoms. The summed E-state index contributed by atoms with van der Waals surface area (Å²) < 4.78 is 25.9. The van der Waals surface area contributed by atoms with Crippen molar-refractivity contribution in [3.8, 4) is 0 Å². The zero-order valence-corrected chi connectivity index (χ0v) is 12.0. The third-order valence-corrected chi connectivity index (χ3v) is 4.38. The first-order valence-corrected chi connectivity index (χ1v) is 7.37. The molecule has 4 N–H and O–H groups in total. The predicted molar refractivity (Wildman–Crippen MR) is 74.1 cm³/mol. The highest BCUT2D eigenvalue weighted by molar-refractivity contribution is 7.89. The summed E-state index contributed by atoms with van der Waals surface area (Å²) in [6.07, 6.45) is 0. The summed E-state index contributed by atoms with van der Waals surface area (Å²) in [5.41, 5.74) is 5.89. The number of nitrogens with one attached hydrogen (secondary N) is 2. The Bertz CT molecular complexity index is 555. The lowest BCUT2D eigenvalue weighted by Gasteiger charge is -2.17. The molecule has 1 rings (SSSR count). The SMILES string of the molecule is CNS(=O)(=O)c1ccccc1NC(=O)C(C)C(C)N. The van der Waals surface area contributed by atoms with Gasteiger partial charge in [-0.15, -0.1) is 0 Å². The van der Waals surface area contributed by atoms with Crippen LogP contribution in [0.2, 0.25) is 0 Å². The molecule has 0 saturated heterocycles. The Morgan fingerprint density at radius 3 is 2.37 bits per heavy atom. The van der Waals surface area contributed by atoms with Gasteiger partial charge in [-0.2, -0.15) is 0 Å². The van der Waals surface area contributed by atoms with Gasteiger partial charge in [0, 0.05) is 6.04 Å². The highest BCUT2D eigenvalue weighted by Crippen LogP contribution is 2.21. The summed E-state index contributed by atoms with van der Waals surface area (Å²) >= 11 is 0. The molecule has 2 atom stereocenters. The van der Waals surface area contributed by atoms with Crippen LogP contribution in [0.15, 0.2) is 29.2 Å². The van der Waals surface area contributed by atoms with Gasteiger partial charge in [0.25, 0.3) is 0 Å². The average Bonchev–Trinajstić information content (AvgIpc) is 2.38. The van der Waals surface area contributed by atoms with Crippen molar-refractivity contribution in [2.24, 2.45) is 11.7 Å². The van der Waals surface area contributed by atoms with Gasteiger partial charge in [0.2, 0.25) is 15.9 Å². The second-order valence-corrected chi connectivity index (χ2v) is 6.20. The molecule has 2 unspecified atom stereocenters. The van der Waals surface area contributed by atoms with E-state index < -0.39 is 15.9 Å². The molecule has 0 aliphatic rings. The maximum Gasteiger partial charge on any atom is 0.242 e. The first-order chi connectivity index (χ1) is 8.79. The molecular weight excluding hydrogens is 266 g/mol. The summed E-state index contributed by atoms with van der Waals surface area (Å²) in [6.45, 7) is 3.41. The van der Waals surface area contributed by atoms with Crippen LogP contribution in [-0.4, -0.2) is 27.4 Å². The number of carbonyl (C=O) groups excluding carboxylic acids is 1. The summed E-state index contributed by atoms with van der Waals surface area (Å²) in [4.78, 5) is 11.9. The van der Waals surface area contributed by atoms with Crippen LogP contribution in [0.3, 0.4) is 0 Å². The Morgan fingerprint density at radius 2 is 1.84 bits per heavy atom. The van der Waals surface area contributed by atoms with Crippen molar-refractivity contribution in [3.63, 3.8) is 0 Å². The fourth-order valence-electron chi connectivity index (χ4n) is 1.40. The average molecular weight is 285 g/mol. The third kappa shape index (κ3) is 3.76. The van der Waals surface area contributed by atoms with Crippen molar-refractivity contribution in [1.82, 2.24) is 4.72 Å². The van der Waals surface area contributed by atoms with E-state index in [0.29, 0.717) is 0 Å². The van der Waals surface area contributed by atoms with Crippen molar-refractivity contribution in [2.75, 3.05) is 12.4 Å². The van der Waals surface area contributed by atoms with Gasteiger partial charge in [-0.1, -0.05) is 19.1 Å². The van der Waals surface area contributed by atoms with Gasteiger partial charge in [-0.3, -0.25) is 4.79 Å². The van der Waals surface area contributed by atoms with Crippen LogP contribution in [0.4, 0.5) is 5.69 Å². The molecule has 0 aromatic heterocycles. The van der Waals surface area contributed by atoms with E-state index in [2.05, 4.69) is 10.0 Å². The lowest BCUT2D eigenvalue weighted by Crippen LogP contribution is -2.34. The number of amides is 1. The van der Waals surface area contributed by atoms with Crippen LogP contribution in [-0.2, 0) is 14.8 Å². The number of benzene rings is 1. The molecular formula is C12H19N3O3S. The lowest BCUT2D eigenvalue weighted by atomic mass is 10.0. The van der Waals surface area contributed by atoms with Gasteiger partial charge in [-0.05, 0) is 26.1 Å². The number of para-hydroxylation sites is 1. The maximum absolute atomic E-state index is 11.9. The van der Waals surface area contributed by atoms with E-state index in [-0.39, 0.29) is 22.5 Å². The van der Waals surface area contributed by atoms with Crippen LogP contribution in [0.5, 0.6) is 0 Å². The highest BCUT2D eigenvalue weighted by Gasteiger charge is 2.21. The summed E-state index contributed by atoms with van der Waals surface area (Å²) in [7, 11) is -2.30. The van der Waals surface area contributed by atoms with Crippen molar-refractivity contribution in [2.45, 2.75) is 24.8 Å². The van der Waals surface area contributed by atoms with Gasteiger partial charge in [0.15, 0.2) is 0 Å². The Balaban J connectivity index is 3.07. The van der Waals surface area contributed by atoms with E-state index in [0.717, 1.165) is 0 Å². The van der Waals surface area contributed by atoms with Crippen molar-refractivity contribution >= 4 is 21.6 Å². The van der Waals surface area contributed by atoms with Crippen molar-refractivity contribution in [1.29, 1.82) is 0 Å². The zero-order valence-electron chi connectivity index (χ0n) is 11.2. The number of hydrogen-bond acceptors (Lipinski definition) is 4. The number of anilines is 1. The summed E-state index contributed by atoms with van der Waals surface area (Å²) in [6, 6.07) is 5.90. The number of carbonyl (C=O) groups is 1. The zero-order chi connectivity index (χ0) is 14.6. The van der Waals surface area contributed by atoms with Gasteiger partial charge in [-0.25, -0.2) is 13.1 Å². The van der Waals surface area contributed by atoms with Crippen LogP contribution >= 0.6 is 0 Å². The quantitative estimate of drug-likeness (QED) is 0.734. The molecule has 0 heterocycles. The number of nitrogens with two attached hydrogens (primary N) is 1. The predicted octanol–water partition coefficient (Wildman–Crippen LogP) is 0.517. The number of rotatable bonds is 5. The molecule has 1 amide bonds. The Morgan fingerprint density at radius 1 is 1.26 bits per heavy atom. The molecule has 1 aromatic rings. The molecule has 19 heavy (non-hydrogen) atoms. The first-order valence-electron chi connectivity index (χ1n) is 5.88.